The third-order valence-corrected chi connectivity index (χ3v) is 6.53. The second-order valence-electron chi connectivity index (χ2n) is 7.73. The summed E-state index contributed by atoms with van der Waals surface area (Å²) in [6.45, 7) is 4.53. The molecular weight excluding hydrogens is 340 g/mol. The van der Waals surface area contributed by atoms with Crippen molar-refractivity contribution in [1.82, 2.24) is 19.8 Å². The molecule has 0 unspecified atom stereocenters. The molecule has 0 spiro atoms. The molecule has 0 radical (unpaired) electrons. The predicted molar refractivity (Wildman–Crippen MR) is 109 cm³/mol. The van der Waals surface area contributed by atoms with E-state index >= 15 is 0 Å². The Balaban J connectivity index is 1.74. The van der Waals surface area contributed by atoms with Gasteiger partial charge >= 0.3 is 0 Å². The van der Waals surface area contributed by atoms with Gasteiger partial charge in [-0.2, -0.15) is 0 Å². The summed E-state index contributed by atoms with van der Waals surface area (Å²) < 4.78 is 2.58. The molecule has 2 aromatic rings. The Hall–Kier alpha value is -1.88. The first-order chi connectivity index (χ1) is 12.6. The standard InChI is InChI=1S/C21H28N4S/c1-14-13-17(15(2)25(14)16-9-5-4-6-10-16)20-19(23-21(26)24(20)3)18-11-7-8-12-22-18/h7-8,11-13,16,19-20H,4-6,9-10H2,1-3H3,(H,23,26)/t19-,20-/m1/s1. The lowest BCUT2D eigenvalue weighted by Crippen LogP contribution is -2.25. The first-order valence-electron chi connectivity index (χ1n) is 9.70. The number of aryl methyl sites for hydroxylation is 1. The normalized spacial score (nSPS) is 24.1. The van der Waals surface area contributed by atoms with Gasteiger partial charge in [-0.1, -0.05) is 25.3 Å². The van der Waals surface area contributed by atoms with Gasteiger partial charge in [0, 0.05) is 30.7 Å². The number of nitrogens with zero attached hydrogens (tertiary/aromatic N) is 3. The highest BCUT2D eigenvalue weighted by Crippen LogP contribution is 2.41. The molecule has 4 rings (SSSR count). The Bertz CT molecular complexity index is 792. The van der Waals surface area contributed by atoms with E-state index in [0.717, 1.165) is 10.8 Å². The van der Waals surface area contributed by atoms with Crippen molar-refractivity contribution in [3.8, 4) is 0 Å². The summed E-state index contributed by atoms with van der Waals surface area (Å²) in [7, 11) is 2.09. The van der Waals surface area contributed by atoms with Crippen molar-refractivity contribution in [1.29, 1.82) is 0 Å². The van der Waals surface area contributed by atoms with Crippen LogP contribution in [0.1, 0.15) is 72.9 Å². The van der Waals surface area contributed by atoms with Crippen LogP contribution in [0.25, 0.3) is 0 Å². The average Bonchev–Trinajstić information content (AvgIpc) is 3.12. The van der Waals surface area contributed by atoms with Crippen LogP contribution in [0.4, 0.5) is 0 Å². The molecule has 26 heavy (non-hydrogen) atoms. The van der Waals surface area contributed by atoms with Gasteiger partial charge < -0.3 is 14.8 Å². The van der Waals surface area contributed by atoms with Gasteiger partial charge in [-0.15, -0.1) is 0 Å². The molecule has 0 aromatic carbocycles. The molecule has 138 valence electrons. The number of nitrogens with one attached hydrogen (secondary N) is 1. The van der Waals surface area contributed by atoms with Crippen molar-refractivity contribution in [2.45, 2.75) is 64.1 Å². The molecule has 2 atom stereocenters. The Morgan fingerprint density at radius 3 is 2.62 bits per heavy atom. The van der Waals surface area contributed by atoms with E-state index in [1.807, 2.05) is 18.3 Å². The molecule has 2 aromatic heterocycles. The Labute approximate surface area is 161 Å². The first-order valence-corrected chi connectivity index (χ1v) is 10.1. The van der Waals surface area contributed by atoms with E-state index < -0.39 is 0 Å². The Kier molecular flexibility index (Phi) is 4.74. The van der Waals surface area contributed by atoms with Gasteiger partial charge in [0.1, 0.15) is 0 Å². The van der Waals surface area contributed by atoms with Gasteiger partial charge in [-0.05, 0) is 62.7 Å². The van der Waals surface area contributed by atoms with Gasteiger partial charge in [0.15, 0.2) is 5.11 Å². The molecule has 0 bridgehead atoms. The zero-order valence-electron chi connectivity index (χ0n) is 15.9. The zero-order chi connectivity index (χ0) is 18.3. The highest BCUT2D eigenvalue weighted by Gasteiger charge is 2.39. The summed E-state index contributed by atoms with van der Waals surface area (Å²) in [5.74, 6) is 0. The maximum Gasteiger partial charge on any atom is 0.169 e. The minimum absolute atomic E-state index is 0.0917. The van der Waals surface area contributed by atoms with Crippen molar-refractivity contribution in [3.05, 3.63) is 53.1 Å². The molecule has 4 nitrogen and oxygen atoms in total. The SMILES string of the molecule is Cc1cc([C@@H]2[C@@H](c3ccccn3)NC(=S)N2C)c(C)n1C1CCCCC1. The zero-order valence-corrected chi connectivity index (χ0v) is 16.7. The van der Waals surface area contributed by atoms with Crippen molar-refractivity contribution < 1.29 is 0 Å². The second kappa shape index (κ2) is 7.03. The highest BCUT2D eigenvalue weighted by atomic mass is 32.1. The van der Waals surface area contributed by atoms with Gasteiger partial charge in [0.05, 0.1) is 17.8 Å². The summed E-state index contributed by atoms with van der Waals surface area (Å²) in [5, 5.41) is 4.29. The summed E-state index contributed by atoms with van der Waals surface area (Å²) >= 11 is 5.58. The minimum Gasteiger partial charge on any atom is -0.352 e. The number of likely N-dealkylation sites (N-methyl/N-ethyl adjacent to an activating group) is 1. The Morgan fingerprint density at radius 1 is 1.15 bits per heavy atom. The maximum atomic E-state index is 5.58. The summed E-state index contributed by atoms with van der Waals surface area (Å²) in [5.41, 5.74) is 5.18. The third kappa shape index (κ3) is 2.92. The quantitative estimate of drug-likeness (QED) is 0.802. The van der Waals surface area contributed by atoms with Crippen LogP contribution in [-0.2, 0) is 0 Å². The summed E-state index contributed by atoms with van der Waals surface area (Å²) in [6, 6.07) is 9.40. The fourth-order valence-electron chi connectivity index (χ4n) is 4.85. The van der Waals surface area contributed by atoms with E-state index in [9.17, 15) is 0 Å². The van der Waals surface area contributed by atoms with Crippen molar-refractivity contribution in [2.75, 3.05) is 7.05 Å². The summed E-state index contributed by atoms with van der Waals surface area (Å²) in [4.78, 5) is 6.79. The molecule has 2 fully saturated rings. The van der Waals surface area contributed by atoms with Crippen molar-refractivity contribution >= 4 is 17.3 Å². The largest absolute Gasteiger partial charge is 0.352 e. The fraction of sp³-hybridized carbons (Fsp3) is 0.524. The monoisotopic (exact) mass is 368 g/mol. The molecule has 1 aliphatic carbocycles. The van der Waals surface area contributed by atoms with E-state index in [0.29, 0.717) is 6.04 Å². The first kappa shape index (κ1) is 17.5. The highest BCUT2D eigenvalue weighted by molar-refractivity contribution is 7.80. The van der Waals surface area contributed by atoms with E-state index in [-0.39, 0.29) is 12.1 Å². The van der Waals surface area contributed by atoms with Crippen LogP contribution in [0.2, 0.25) is 0 Å². The van der Waals surface area contributed by atoms with Crippen LogP contribution < -0.4 is 5.32 Å². The van der Waals surface area contributed by atoms with Crippen LogP contribution in [0.15, 0.2) is 30.5 Å². The maximum absolute atomic E-state index is 5.58. The lowest BCUT2D eigenvalue weighted by molar-refractivity contribution is 0.339. The van der Waals surface area contributed by atoms with Gasteiger partial charge in [-0.25, -0.2) is 0 Å². The van der Waals surface area contributed by atoms with Crippen molar-refractivity contribution in [3.63, 3.8) is 0 Å². The van der Waals surface area contributed by atoms with Crippen LogP contribution >= 0.6 is 12.2 Å². The van der Waals surface area contributed by atoms with Crippen LogP contribution in [0.3, 0.4) is 0 Å². The van der Waals surface area contributed by atoms with Gasteiger partial charge in [-0.3, -0.25) is 4.98 Å². The smallest absolute Gasteiger partial charge is 0.169 e. The number of hydrogen-bond acceptors (Lipinski definition) is 2. The third-order valence-electron chi connectivity index (χ3n) is 6.12. The predicted octanol–water partition coefficient (Wildman–Crippen LogP) is 4.61. The molecular formula is C21H28N4S. The fourth-order valence-corrected chi connectivity index (χ4v) is 5.09. The van der Waals surface area contributed by atoms with Crippen LogP contribution in [-0.4, -0.2) is 26.6 Å². The lowest BCUT2D eigenvalue weighted by atomic mass is 9.94. The van der Waals surface area contributed by atoms with E-state index in [2.05, 4.69) is 52.8 Å². The molecule has 2 aliphatic rings. The molecule has 3 heterocycles. The van der Waals surface area contributed by atoms with E-state index in [4.69, 9.17) is 12.2 Å². The van der Waals surface area contributed by atoms with Crippen LogP contribution in [0.5, 0.6) is 0 Å². The average molecular weight is 369 g/mol. The Morgan fingerprint density at radius 2 is 1.92 bits per heavy atom. The van der Waals surface area contributed by atoms with E-state index in [1.165, 1.54) is 49.1 Å². The molecule has 5 heteroatoms. The molecule has 1 N–H and O–H groups in total. The summed E-state index contributed by atoms with van der Waals surface area (Å²) in [6.07, 6.45) is 8.55. The molecule has 1 aliphatic heterocycles. The second-order valence-corrected chi connectivity index (χ2v) is 8.11. The van der Waals surface area contributed by atoms with Gasteiger partial charge in [0.2, 0.25) is 0 Å². The van der Waals surface area contributed by atoms with Crippen LogP contribution in [0, 0.1) is 13.8 Å². The number of hydrogen-bond donors (Lipinski definition) is 1. The number of pyridine rings is 1. The molecule has 0 amide bonds. The van der Waals surface area contributed by atoms with Gasteiger partial charge in [0.25, 0.3) is 0 Å². The minimum atomic E-state index is 0.0917. The van der Waals surface area contributed by atoms with Crippen molar-refractivity contribution in [2.24, 2.45) is 0 Å². The number of thiocarbonyl (C=S) groups is 1. The lowest BCUT2D eigenvalue weighted by Gasteiger charge is -2.28. The van der Waals surface area contributed by atoms with E-state index in [1.54, 1.807) is 0 Å². The topological polar surface area (TPSA) is 33.1 Å². The molecule has 1 saturated carbocycles. The molecule has 1 saturated heterocycles. The number of rotatable bonds is 3. The number of aromatic nitrogens is 2.